The number of hydrogen-bond donors (Lipinski definition) is 2. The van der Waals surface area contributed by atoms with Crippen LogP contribution in [-0.4, -0.2) is 24.3 Å². The molecule has 0 aliphatic heterocycles. The van der Waals surface area contributed by atoms with Gasteiger partial charge in [0.2, 0.25) is 0 Å². The van der Waals surface area contributed by atoms with Gasteiger partial charge in [0.25, 0.3) is 0 Å². The van der Waals surface area contributed by atoms with Gasteiger partial charge in [-0.25, -0.2) is 4.39 Å². The molecule has 1 unspecified atom stereocenters. The Kier molecular flexibility index (Phi) is 5.75. The van der Waals surface area contributed by atoms with Crippen LogP contribution in [0.3, 0.4) is 0 Å². The van der Waals surface area contributed by atoms with Crippen molar-refractivity contribution in [1.82, 2.24) is 5.32 Å². The van der Waals surface area contributed by atoms with Crippen molar-refractivity contribution in [2.24, 2.45) is 0 Å². The van der Waals surface area contributed by atoms with Crippen molar-refractivity contribution in [1.29, 1.82) is 0 Å². The second kappa shape index (κ2) is 7.14. The molecule has 3 heteroatoms. The van der Waals surface area contributed by atoms with E-state index >= 15 is 0 Å². The maximum atomic E-state index is 12.6. The van der Waals surface area contributed by atoms with Gasteiger partial charge in [-0.1, -0.05) is 31.2 Å². The highest BCUT2D eigenvalue weighted by atomic mass is 19.1. The molecular weight excluding hydrogens is 205 g/mol. The zero-order valence-electron chi connectivity index (χ0n) is 9.49. The average Bonchev–Trinajstić information content (AvgIpc) is 2.32. The fraction of sp³-hybridized carbons (Fsp3) is 0.385. The Bertz CT molecular complexity index is 317. The van der Waals surface area contributed by atoms with Crippen molar-refractivity contribution in [3.05, 3.63) is 41.7 Å². The highest BCUT2D eigenvalue weighted by Gasteiger charge is 1.99. The SMILES string of the molecule is CCC(CO)NC/C=C/c1ccc(F)cc1. The predicted molar refractivity (Wildman–Crippen MR) is 64.6 cm³/mol. The van der Waals surface area contributed by atoms with Crippen LogP contribution in [0.5, 0.6) is 0 Å². The molecule has 0 radical (unpaired) electrons. The minimum atomic E-state index is -0.221. The molecule has 0 fully saturated rings. The van der Waals surface area contributed by atoms with Gasteiger partial charge in [0.15, 0.2) is 0 Å². The summed E-state index contributed by atoms with van der Waals surface area (Å²) in [7, 11) is 0. The third kappa shape index (κ3) is 4.55. The van der Waals surface area contributed by atoms with Gasteiger partial charge >= 0.3 is 0 Å². The van der Waals surface area contributed by atoms with E-state index in [0.717, 1.165) is 12.0 Å². The van der Waals surface area contributed by atoms with Gasteiger partial charge in [-0.15, -0.1) is 0 Å². The second-order valence-corrected chi connectivity index (χ2v) is 3.65. The third-order valence-corrected chi connectivity index (χ3v) is 2.42. The molecule has 1 rings (SSSR count). The first-order chi connectivity index (χ1) is 7.76. The summed E-state index contributed by atoms with van der Waals surface area (Å²) < 4.78 is 12.6. The minimum absolute atomic E-state index is 0.151. The maximum absolute atomic E-state index is 12.6. The number of nitrogens with one attached hydrogen (secondary N) is 1. The molecule has 0 amide bonds. The molecule has 0 saturated carbocycles. The van der Waals surface area contributed by atoms with Crippen LogP contribution in [0.2, 0.25) is 0 Å². The van der Waals surface area contributed by atoms with Gasteiger partial charge in [-0.2, -0.15) is 0 Å². The molecule has 0 aliphatic rings. The van der Waals surface area contributed by atoms with E-state index in [1.807, 2.05) is 19.1 Å². The number of hydrogen-bond acceptors (Lipinski definition) is 2. The summed E-state index contributed by atoms with van der Waals surface area (Å²) in [5.41, 5.74) is 0.972. The van der Waals surface area contributed by atoms with Crippen LogP contribution in [0.1, 0.15) is 18.9 Å². The predicted octanol–water partition coefficient (Wildman–Crippen LogP) is 2.20. The van der Waals surface area contributed by atoms with Gasteiger partial charge < -0.3 is 10.4 Å². The summed E-state index contributed by atoms with van der Waals surface area (Å²) in [6.07, 6.45) is 4.79. The summed E-state index contributed by atoms with van der Waals surface area (Å²) >= 11 is 0. The van der Waals surface area contributed by atoms with E-state index in [0.29, 0.717) is 6.54 Å². The number of benzene rings is 1. The van der Waals surface area contributed by atoms with Crippen molar-refractivity contribution in [2.45, 2.75) is 19.4 Å². The van der Waals surface area contributed by atoms with Crippen LogP contribution in [0.25, 0.3) is 6.08 Å². The van der Waals surface area contributed by atoms with Crippen molar-refractivity contribution in [2.75, 3.05) is 13.2 Å². The lowest BCUT2D eigenvalue weighted by molar-refractivity contribution is 0.242. The first-order valence-corrected chi connectivity index (χ1v) is 5.52. The van der Waals surface area contributed by atoms with E-state index < -0.39 is 0 Å². The lowest BCUT2D eigenvalue weighted by atomic mass is 10.2. The van der Waals surface area contributed by atoms with Gasteiger partial charge in [0.05, 0.1) is 6.61 Å². The second-order valence-electron chi connectivity index (χ2n) is 3.65. The number of aliphatic hydroxyl groups excluding tert-OH is 1. The standard InChI is InChI=1S/C13H18FNO/c1-2-13(10-16)15-9-3-4-11-5-7-12(14)8-6-11/h3-8,13,15-16H,2,9-10H2,1H3/b4-3+. The van der Waals surface area contributed by atoms with E-state index in [2.05, 4.69) is 5.32 Å². The van der Waals surface area contributed by atoms with E-state index in [-0.39, 0.29) is 18.5 Å². The molecule has 2 N–H and O–H groups in total. The largest absolute Gasteiger partial charge is 0.395 e. The Hall–Kier alpha value is -1.19. The third-order valence-electron chi connectivity index (χ3n) is 2.42. The molecule has 0 saturated heterocycles. The molecule has 2 nitrogen and oxygen atoms in total. The van der Waals surface area contributed by atoms with Crippen molar-refractivity contribution >= 4 is 6.08 Å². The highest BCUT2D eigenvalue weighted by molar-refractivity contribution is 5.48. The molecular formula is C13H18FNO. The molecule has 0 bridgehead atoms. The van der Waals surface area contributed by atoms with E-state index in [1.165, 1.54) is 12.1 Å². The summed E-state index contributed by atoms with van der Waals surface area (Å²) in [4.78, 5) is 0. The fourth-order valence-electron chi connectivity index (χ4n) is 1.34. The molecule has 1 aromatic carbocycles. The fourth-order valence-corrected chi connectivity index (χ4v) is 1.34. The molecule has 0 aliphatic carbocycles. The molecule has 0 spiro atoms. The zero-order valence-corrected chi connectivity index (χ0v) is 9.49. The number of rotatable bonds is 6. The molecule has 0 heterocycles. The normalized spacial score (nSPS) is 13.2. The van der Waals surface area contributed by atoms with E-state index in [4.69, 9.17) is 5.11 Å². The van der Waals surface area contributed by atoms with Crippen molar-refractivity contribution < 1.29 is 9.50 Å². The van der Waals surface area contributed by atoms with E-state index in [1.54, 1.807) is 12.1 Å². The maximum Gasteiger partial charge on any atom is 0.123 e. The van der Waals surface area contributed by atoms with Crippen molar-refractivity contribution in [3.63, 3.8) is 0 Å². The summed E-state index contributed by atoms with van der Waals surface area (Å²) in [5, 5.41) is 12.1. The molecule has 16 heavy (non-hydrogen) atoms. The number of halogens is 1. The Balaban J connectivity index is 2.34. The Labute approximate surface area is 95.8 Å². The van der Waals surface area contributed by atoms with Crippen LogP contribution in [-0.2, 0) is 0 Å². The monoisotopic (exact) mass is 223 g/mol. The van der Waals surface area contributed by atoms with Crippen LogP contribution >= 0.6 is 0 Å². The molecule has 1 atom stereocenters. The van der Waals surface area contributed by atoms with Crippen LogP contribution in [0, 0.1) is 5.82 Å². The number of aliphatic hydroxyl groups is 1. The first kappa shape index (κ1) is 12.9. The lowest BCUT2D eigenvalue weighted by Gasteiger charge is -2.11. The highest BCUT2D eigenvalue weighted by Crippen LogP contribution is 2.04. The van der Waals surface area contributed by atoms with Crippen LogP contribution in [0.15, 0.2) is 30.3 Å². The van der Waals surface area contributed by atoms with Crippen LogP contribution < -0.4 is 5.32 Å². The minimum Gasteiger partial charge on any atom is -0.395 e. The van der Waals surface area contributed by atoms with Crippen molar-refractivity contribution in [3.8, 4) is 0 Å². The Morgan fingerprint density at radius 3 is 2.62 bits per heavy atom. The zero-order chi connectivity index (χ0) is 11.8. The Morgan fingerprint density at radius 2 is 2.06 bits per heavy atom. The molecule has 1 aromatic rings. The van der Waals surface area contributed by atoms with Crippen LogP contribution in [0.4, 0.5) is 4.39 Å². The first-order valence-electron chi connectivity index (χ1n) is 5.52. The van der Waals surface area contributed by atoms with Gasteiger partial charge in [0, 0.05) is 12.6 Å². The lowest BCUT2D eigenvalue weighted by Crippen LogP contribution is -2.31. The summed E-state index contributed by atoms with van der Waals surface area (Å²) in [6, 6.07) is 6.49. The molecule has 88 valence electrons. The van der Waals surface area contributed by atoms with Gasteiger partial charge in [-0.05, 0) is 24.1 Å². The van der Waals surface area contributed by atoms with E-state index in [9.17, 15) is 4.39 Å². The van der Waals surface area contributed by atoms with Gasteiger partial charge in [0.1, 0.15) is 5.82 Å². The smallest absolute Gasteiger partial charge is 0.123 e. The quantitative estimate of drug-likeness (QED) is 0.775. The molecule has 0 aromatic heterocycles. The topological polar surface area (TPSA) is 32.3 Å². The summed E-state index contributed by atoms with van der Waals surface area (Å²) in [5.74, 6) is -0.221. The van der Waals surface area contributed by atoms with Gasteiger partial charge in [-0.3, -0.25) is 0 Å². The Morgan fingerprint density at radius 1 is 1.38 bits per heavy atom. The summed E-state index contributed by atoms with van der Waals surface area (Å²) in [6.45, 7) is 2.88. The average molecular weight is 223 g/mol.